The lowest BCUT2D eigenvalue weighted by molar-refractivity contribution is -0.153. The Balaban J connectivity index is 1.93. The summed E-state index contributed by atoms with van der Waals surface area (Å²) in [4.78, 5) is 31.4. The molecule has 9 nitrogen and oxygen atoms in total. The molecule has 0 heterocycles. The van der Waals surface area contributed by atoms with Crippen LogP contribution >= 0.6 is 0 Å². The van der Waals surface area contributed by atoms with Crippen LogP contribution in [0.5, 0.6) is 0 Å². The number of sulfonamides is 1. The fourth-order valence-corrected chi connectivity index (χ4v) is 4.09. The number of carbonyl (C=O) groups excluding carboxylic acids is 2. The van der Waals surface area contributed by atoms with E-state index in [2.05, 4.69) is 5.48 Å². The quantitative estimate of drug-likeness (QED) is 0.381. The molecular formula is C24H33N3O6S. The Morgan fingerprint density at radius 2 is 1.59 bits per heavy atom. The highest BCUT2D eigenvalue weighted by molar-refractivity contribution is 7.89. The molecule has 0 saturated heterocycles. The Hall–Kier alpha value is -2.95. The lowest BCUT2D eigenvalue weighted by atomic mass is 10.1. The zero-order valence-electron chi connectivity index (χ0n) is 20.2. The van der Waals surface area contributed by atoms with Crippen LogP contribution in [0.2, 0.25) is 0 Å². The normalized spacial score (nSPS) is 12.4. The molecule has 2 rings (SSSR count). The van der Waals surface area contributed by atoms with Crippen LogP contribution in [-0.4, -0.2) is 69.0 Å². The first-order chi connectivity index (χ1) is 16.0. The molecular weight excluding hydrogens is 458 g/mol. The number of nitrogens with one attached hydrogen (secondary N) is 1. The molecule has 1 atom stereocenters. The number of amides is 1. The highest BCUT2D eigenvalue weighted by Crippen LogP contribution is 2.15. The van der Waals surface area contributed by atoms with E-state index in [0.29, 0.717) is 0 Å². The summed E-state index contributed by atoms with van der Waals surface area (Å²) < 4.78 is 31.8. The van der Waals surface area contributed by atoms with E-state index < -0.39 is 28.1 Å². The maximum Gasteiger partial charge on any atom is 0.428 e. The number of benzene rings is 2. The predicted octanol–water partition coefficient (Wildman–Crippen LogP) is 2.75. The number of rotatable bonds is 11. The van der Waals surface area contributed by atoms with E-state index in [0.717, 1.165) is 11.1 Å². The van der Waals surface area contributed by atoms with Crippen molar-refractivity contribution in [2.24, 2.45) is 0 Å². The number of ether oxygens (including phenoxy) is 1. The second-order valence-electron chi connectivity index (χ2n) is 8.27. The van der Waals surface area contributed by atoms with Gasteiger partial charge in [-0.25, -0.2) is 13.2 Å². The number of carbonyl (C=O) groups is 2. The van der Waals surface area contributed by atoms with E-state index in [1.165, 1.54) is 23.3 Å². The molecule has 0 aliphatic heterocycles. The minimum Gasteiger partial charge on any atom is -0.462 e. The number of nitrogens with zero attached hydrogens (tertiary/aromatic N) is 2. The molecule has 0 saturated carbocycles. The molecule has 0 aromatic heterocycles. The van der Waals surface area contributed by atoms with Gasteiger partial charge in [0.25, 0.3) is 0 Å². The summed E-state index contributed by atoms with van der Waals surface area (Å²) in [5.74, 6) is -0.543. The molecule has 2 aromatic rings. The number of esters is 1. The second kappa shape index (κ2) is 12.5. The van der Waals surface area contributed by atoms with Gasteiger partial charge in [-0.15, -0.1) is 5.48 Å². The van der Waals surface area contributed by atoms with Crippen LogP contribution in [0.4, 0.5) is 4.79 Å². The molecule has 34 heavy (non-hydrogen) atoms. The fraction of sp³-hybridized carbons (Fsp3) is 0.417. The summed E-state index contributed by atoms with van der Waals surface area (Å²) in [7, 11) is -0.753. The average Bonchev–Trinajstić information content (AvgIpc) is 2.80. The summed E-state index contributed by atoms with van der Waals surface area (Å²) >= 11 is 0. The molecule has 0 radical (unpaired) electrons. The summed E-state index contributed by atoms with van der Waals surface area (Å²) in [6.07, 6.45) is -0.811. The minimum absolute atomic E-state index is 0.0602. The molecule has 0 aliphatic carbocycles. The van der Waals surface area contributed by atoms with E-state index >= 15 is 0 Å². The van der Waals surface area contributed by atoms with Gasteiger partial charge in [-0.3, -0.25) is 4.79 Å². The van der Waals surface area contributed by atoms with E-state index in [1.54, 1.807) is 38.1 Å². The summed E-state index contributed by atoms with van der Waals surface area (Å²) in [6.45, 7) is 5.49. The minimum atomic E-state index is -3.68. The molecule has 1 amide bonds. The van der Waals surface area contributed by atoms with Gasteiger partial charge in [0.1, 0.15) is 6.04 Å². The number of aryl methyl sites for hydroxylation is 1. The second-order valence-corrected chi connectivity index (χ2v) is 10.3. The lowest BCUT2D eigenvalue weighted by Gasteiger charge is -2.23. The Bertz CT molecular complexity index is 1040. The Morgan fingerprint density at radius 3 is 2.18 bits per heavy atom. The maximum atomic E-state index is 12.7. The van der Waals surface area contributed by atoms with Gasteiger partial charge in [-0.1, -0.05) is 48.0 Å². The molecule has 2 aromatic carbocycles. The predicted molar refractivity (Wildman–Crippen MR) is 128 cm³/mol. The van der Waals surface area contributed by atoms with Crippen molar-refractivity contribution < 1.29 is 27.6 Å². The molecule has 0 spiro atoms. The zero-order chi connectivity index (χ0) is 25.3. The first-order valence-electron chi connectivity index (χ1n) is 11.0. The SMILES string of the molecule is Cc1ccc(S(=O)(=O)N(C)CCN(C)C(=O)ON[C@@H](Cc2ccccc2)C(=O)OC(C)C)cc1. The number of hydroxylamine groups is 1. The fourth-order valence-electron chi connectivity index (χ4n) is 2.93. The van der Waals surface area contributed by atoms with Crippen LogP contribution in [-0.2, 0) is 30.8 Å². The first-order valence-corrected chi connectivity index (χ1v) is 12.4. The molecule has 10 heteroatoms. The molecule has 1 N–H and O–H groups in total. The smallest absolute Gasteiger partial charge is 0.428 e. The van der Waals surface area contributed by atoms with Gasteiger partial charge in [0.2, 0.25) is 10.0 Å². The van der Waals surface area contributed by atoms with Crippen LogP contribution in [0.15, 0.2) is 59.5 Å². The molecule has 0 aliphatic rings. The highest BCUT2D eigenvalue weighted by Gasteiger charge is 2.25. The average molecular weight is 492 g/mol. The van der Waals surface area contributed by atoms with E-state index in [4.69, 9.17) is 9.57 Å². The van der Waals surface area contributed by atoms with E-state index in [-0.39, 0.29) is 30.5 Å². The van der Waals surface area contributed by atoms with Gasteiger partial charge in [-0.05, 0) is 38.5 Å². The third-order valence-electron chi connectivity index (χ3n) is 5.00. The Kier molecular flexibility index (Phi) is 10.0. The third kappa shape index (κ3) is 8.12. The van der Waals surface area contributed by atoms with Crippen LogP contribution < -0.4 is 5.48 Å². The van der Waals surface area contributed by atoms with Gasteiger partial charge in [0.15, 0.2) is 0 Å². The van der Waals surface area contributed by atoms with Crippen molar-refractivity contribution >= 4 is 22.1 Å². The Labute approximate surface area is 201 Å². The molecule has 0 unspecified atom stereocenters. The van der Waals surface area contributed by atoms with Crippen molar-refractivity contribution in [3.8, 4) is 0 Å². The van der Waals surface area contributed by atoms with E-state index in [1.807, 2.05) is 37.3 Å². The van der Waals surface area contributed by atoms with Crippen molar-refractivity contribution in [3.05, 3.63) is 65.7 Å². The highest BCUT2D eigenvalue weighted by atomic mass is 32.2. The number of hydrogen-bond donors (Lipinski definition) is 1. The van der Waals surface area contributed by atoms with Crippen LogP contribution in [0.1, 0.15) is 25.0 Å². The van der Waals surface area contributed by atoms with Gasteiger partial charge >= 0.3 is 12.1 Å². The van der Waals surface area contributed by atoms with Crippen molar-refractivity contribution in [2.75, 3.05) is 27.2 Å². The summed E-state index contributed by atoms with van der Waals surface area (Å²) in [6, 6.07) is 14.9. The summed E-state index contributed by atoms with van der Waals surface area (Å²) in [5, 5.41) is 0. The molecule has 0 fully saturated rings. The van der Waals surface area contributed by atoms with Crippen LogP contribution in [0.25, 0.3) is 0 Å². The van der Waals surface area contributed by atoms with Gasteiger partial charge in [0.05, 0.1) is 11.0 Å². The van der Waals surface area contributed by atoms with Crippen molar-refractivity contribution in [1.29, 1.82) is 0 Å². The largest absolute Gasteiger partial charge is 0.462 e. The maximum absolute atomic E-state index is 12.7. The van der Waals surface area contributed by atoms with Gasteiger partial charge in [-0.2, -0.15) is 4.31 Å². The third-order valence-corrected chi connectivity index (χ3v) is 6.87. The van der Waals surface area contributed by atoms with Crippen LogP contribution in [0.3, 0.4) is 0 Å². The Morgan fingerprint density at radius 1 is 0.971 bits per heavy atom. The number of likely N-dealkylation sites (N-methyl/N-ethyl adjacent to an activating group) is 2. The molecule has 0 bridgehead atoms. The van der Waals surface area contributed by atoms with Gasteiger partial charge < -0.3 is 14.5 Å². The monoisotopic (exact) mass is 491 g/mol. The van der Waals surface area contributed by atoms with E-state index in [9.17, 15) is 18.0 Å². The molecule has 186 valence electrons. The van der Waals surface area contributed by atoms with Crippen LogP contribution in [0, 0.1) is 6.92 Å². The standard InChI is InChI=1S/C24H33N3O6S/c1-18(2)32-23(28)22(17-20-9-7-6-8-10-20)25-33-24(29)26(4)15-16-27(5)34(30,31)21-13-11-19(3)12-14-21/h6-14,18,22,25H,15-17H2,1-5H3/t22-/m0/s1. The first kappa shape index (κ1) is 27.3. The van der Waals surface area contributed by atoms with Crippen molar-refractivity contribution in [3.63, 3.8) is 0 Å². The van der Waals surface area contributed by atoms with Gasteiger partial charge in [0, 0.05) is 33.6 Å². The topological polar surface area (TPSA) is 105 Å². The van der Waals surface area contributed by atoms with Crippen molar-refractivity contribution in [2.45, 2.75) is 44.2 Å². The zero-order valence-corrected chi connectivity index (χ0v) is 21.0. The van der Waals surface area contributed by atoms with Crippen molar-refractivity contribution in [1.82, 2.24) is 14.7 Å². The lowest BCUT2D eigenvalue weighted by Crippen LogP contribution is -2.45. The number of hydrogen-bond acceptors (Lipinski definition) is 7. The summed E-state index contributed by atoms with van der Waals surface area (Å²) in [5.41, 5.74) is 4.33.